The van der Waals surface area contributed by atoms with E-state index in [4.69, 9.17) is 0 Å². The molecule has 0 radical (unpaired) electrons. The van der Waals surface area contributed by atoms with Gasteiger partial charge in [0.1, 0.15) is 0 Å². The highest BCUT2D eigenvalue weighted by atomic mass is 16.3. The van der Waals surface area contributed by atoms with E-state index in [0.717, 1.165) is 18.3 Å². The lowest BCUT2D eigenvalue weighted by Gasteiger charge is -2.34. The Hall–Kier alpha value is -0.0400. The van der Waals surface area contributed by atoms with E-state index in [1.807, 2.05) is 0 Å². The summed E-state index contributed by atoms with van der Waals surface area (Å²) in [5, 5.41) is 10.0. The standard InChI is InChI=1S/C13H26O/c1-4-5-6-13(14)12-8-10(2)7-11(3)9-12/h10-14H,4-9H2,1-3H3. The molecule has 0 heterocycles. The molecule has 1 fully saturated rings. The van der Waals surface area contributed by atoms with Crippen molar-refractivity contribution in [3.63, 3.8) is 0 Å². The van der Waals surface area contributed by atoms with E-state index in [1.165, 1.54) is 32.1 Å². The average Bonchev–Trinajstić information content (AvgIpc) is 2.12. The molecule has 0 saturated heterocycles. The molecule has 3 atom stereocenters. The smallest absolute Gasteiger partial charge is 0.0568 e. The average molecular weight is 198 g/mol. The highest BCUT2D eigenvalue weighted by Crippen LogP contribution is 2.35. The van der Waals surface area contributed by atoms with Gasteiger partial charge < -0.3 is 5.11 Å². The van der Waals surface area contributed by atoms with E-state index in [0.29, 0.717) is 5.92 Å². The van der Waals surface area contributed by atoms with E-state index in [2.05, 4.69) is 20.8 Å². The molecule has 0 aromatic heterocycles. The predicted octanol–water partition coefficient (Wildman–Crippen LogP) is 3.61. The first kappa shape index (κ1) is 12.0. The summed E-state index contributed by atoms with van der Waals surface area (Å²) in [5.41, 5.74) is 0. The largest absolute Gasteiger partial charge is 0.393 e. The van der Waals surface area contributed by atoms with Crippen LogP contribution in [0.25, 0.3) is 0 Å². The van der Waals surface area contributed by atoms with Crippen LogP contribution in [0, 0.1) is 17.8 Å². The molecule has 0 amide bonds. The fourth-order valence-corrected chi connectivity index (χ4v) is 2.97. The van der Waals surface area contributed by atoms with Crippen molar-refractivity contribution < 1.29 is 5.11 Å². The van der Waals surface area contributed by atoms with Gasteiger partial charge in [-0.05, 0) is 43.4 Å². The summed E-state index contributed by atoms with van der Waals surface area (Å²) >= 11 is 0. The monoisotopic (exact) mass is 198 g/mol. The molecular weight excluding hydrogens is 172 g/mol. The second-order valence-corrected chi connectivity index (χ2v) is 5.39. The highest BCUT2D eigenvalue weighted by molar-refractivity contribution is 4.79. The first-order valence-corrected chi connectivity index (χ1v) is 6.31. The number of hydrogen-bond acceptors (Lipinski definition) is 1. The Kier molecular flexibility index (Phi) is 4.94. The highest BCUT2D eigenvalue weighted by Gasteiger charge is 2.28. The first-order valence-electron chi connectivity index (χ1n) is 6.31. The molecule has 1 nitrogen and oxygen atoms in total. The van der Waals surface area contributed by atoms with E-state index in [1.54, 1.807) is 0 Å². The quantitative estimate of drug-likeness (QED) is 0.731. The van der Waals surface area contributed by atoms with Crippen LogP contribution in [0.1, 0.15) is 59.3 Å². The van der Waals surface area contributed by atoms with Crippen LogP contribution in [-0.2, 0) is 0 Å². The Balaban J connectivity index is 2.34. The van der Waals surface area contributed by atoms with Gasteiger partial charge in [-0.25, -0.2) is 0 Å². The molecule has 1 rings (SSSR count). The molecule has 0 aliphatic heterocycles. The lowest BCUT2D eigenvalue weighted by atomic mass is 9.74. The minimum atomic E-state index is -0.0276. The summed E-state index contributed by atoms with van der Waals surface area (Å²) in [7, 11) is 0. The molecular formula is C13H26O. The van der Waals surface area contributed by atoms with Crippen LogP contribution in [0.2, 0.25) is 0 Å². The minimum absolute atomic E-state index is 0.0276. The third-order valence-electron chi connectivity index (χ3n) is 3.61. The van der Waals surface area contributed by atoms with Crippen LogP contribution >= 0.6 is 0 Å². The summed E-state index contributed by atoms with van der Waals surface area (Å²) in [5.74, 6) is 2.22. The van der Waals surface area contributed by atoms with Gasteiger partial charge in [-0.15, -0.1) is 0 Å². The van der Waals surface area contributed by atoms with Crippen LogP contribution in [0.5, 0.6) is 0 Å². The van der Waals surface area contributed by atoms with Gasteiger partial charge >= 0.3 is 0 Å². The molecule has 1 heteroatoms. The third-order valence-corrected chi connectivity index (χ3v) is 3.61. The molecule has 3 unspecified atom stereocenters. The van der Waals surface area contributed by atoms with Gasteiger partial charge in [0.15, 0.2) is 0 Å². The van der Waals surface area contributed by atoms with E-state index < -0.39 is 0 Å². The Morgan fingerprint density at radius 2 is 1.71 bits per heavy atom. The van der Waals surface area contributed by atoms with Gasteiger partial charge in [-0.1, -0.05) is 33.6 Å². The van der Waals surface area contributed by atoms with Crippen molar-refractivity contribution in [3.05, 3.63) is 0 Å². The van der Waals surface area contributed by atoms with Crippen LogP contribution in [0.15, 0.2) is 0 Å². The Morgan fingerprint density at radius 3 is 2.21 bits per heavy atom. The first-order chi connectivity index (χ1) is 6.63. The summed E-state index contributed by atoms with van der Waals surface area (Å²) < 4.78 is 0. The molecule has 14 heavy (non-hydrogen) atoms. The SMILES string of the molecule is CCCCC(O)C1CC(C)CC(C)C1. The molecule has 1 N–H and O–H groups in total. The summed E-state index contributed by atoms with van der Waals surface area (Å²) in [6.07, 6.45) is 7.22. The lowest BCUT2D eigenvalue weighted by Crippen LogP contribution is -2.29. The van der Waals surface area contributed by atoms with Gasteiger partial charge in [0.05, 0.1) is 6.10 Å². The molecule has 1 aliphatic rings. The number of unbranched alkanes of at least 4 members (excludes halogenated alkanes) is 1. The summed E-state index contributed by atoms with van der Waals surface area (Å²) in [4.78, 5) is 0. The Labute approximate surface area is 88.9 Å². The minimum Gasteiger partial charge on any atom is -0.393 e. The lowest BCUT2D eigenvalue weighted by molar-refractivity contribution is 0.0483. The fourth-order valence-electron chi connectivity index (χ4n) is 2.97. The summed E-state index contributed by atoms with van der Waals surface area (Å²) in [6, 6.07) is 0. The molecule has 1 saturated carbocycles. The summed E-state index contributed by atoms with van der Waals surface area (Å²) in [6.45, 7) is 6.85. The number of rotatable bonds is 4. The van der Waals surface area contributed by atoms with Crippen molar-refractivity contribution in [2.75, 3.05) is 0 Å². The molecule has 84 valence electrons. The third kappa shape index (κ3) is 3.61. The fraction of sp³-hybridized carbons (Fsp3) is 1.00. The van der Waals surface area contributed by atoms with Crippen LogP contribution < -0.4 is 0 Å². The van der Waals surface area contributed by atoms with Gasteiger partial charge in [0.25, 0.3) is 0 Å². The van der Waals surface area contributed by atoms with Crippen molar-refractivity contribution in [1.29, 1.82) is 0 Å². The maximum absolute atomic E-state index is 10.0. The molecule has 1 aliphatic carbocycles. The molecule has 0 aromatic rings. The Morgan fingerprint density at radius 1 is 1.14 bits per heavy atom. The van der Waals surface area contributed by atoms with Crippen LogP contribution in [0.4, 0.5) is 0 Å². The normalized spacial score (nSPS) is 35.6. The Bertz CT molecular complexity index is 145. The number of aliphatic hydroxyl groups excluding tert-OH is 1. The van der Waals surface area contributed by atoms with Crippen molar-refractivity contribution in [2.45, 2.75) is 65.4 Å². The second-order valence-electron chi connectivity index (χ2n) is 5.39. The predicted molar refractivity (Wildman–Crippen MR) is 61.2 cm³/mol. The zero-order chi connectivity index (χ0) is 10.6. The zero-order valence-electron chi connectivity index (χ0n) is 10.00. The topological polar surface area (TPSA) is 20.2 Å². The van der Waals surface area contributed by atoms with Gasteiger partial charge in [-0.2, -0.15) is 0 Å². The van der Waals surface area contributed by atoms with Crippen molar-refractivity contribution in [1.82, 2.24) is 0 Å². The van der Waals surface area contributed by atoms with Gasteiger partial charge in [0.2, 0.25) is 0 Å². The van der Waals surface area contributed by atoms with Crippen LogP contribution in [0.3, 0.4) is 0 Å². The second kappa shape index (κ2) is 5.75. The van der Waals surface area contributed by atoms with E-state index in [9.17, 15) is 5.11 Å². The van der Waals surface area contributed by atoms with Gasteiger partial charge in [-0.3, -0.25) is 0 Å². The maximum Gasteiger partial charge on any atom is 0.0568 e. The van der Waals surface area contributed by atoms with Crippen LogP contribution in [-0.4, -0.2) is 11.2 Å². The number of aliphatic hydroxyl groups is 1. The maximum atomic E-state index is 10.0. The van der Waals surface area contributed by atoms with E-state index >= 15 is 0 Å². The van der Waals surface area contributed by atoms with Gasteiger partial charge in [0, 0.05) is 0 Å². The van der Waals surface area contributed by atoms with E-state index in [-0.39, 0.29) is 6.10 Å². The molecule has 0 bridgehead atoms. The molecule has 0 spiro atoms. The van der Waals surface area contributed by atoms with Crippen molar-refractivity contribution >= 4 is 0 Å². The molecule has 0 aromatic carbocycles. The van der Waals surface area contributed by atoms with Crippen molar-refractivity contribution in [2.24, 2.45) is 17.8 Å². The zero-order valence-corrected chi connectivity index (χ0v) is 10.00. The van der Waals surface area contributed by atoms with Crippen molar-refractivity contribution in [3.8, 4) is 0 Å². The number of hydrogen-bond donors (Lipinski definition) is 1.